The van der Waals surface area contributed by atoms with Gasteiger partial charge in [-0.2, -0.15) is 5.10 Å². The Labute approximate surface area is 63.1 Å². The Hall–Kier alpha value is -0.910. The largest absolute Gasteiger partial charge is 0.394 e. The van der Waals surface area contributed by atoms with Crippen molar-refractivity contribution in [1.29, 1.82) is 0 Å². The third-order valence-corrected chi connectivity index (χ3v) is 1.88. The van der Waals surface area contributed by atoms with Crippen molar-refractivity contribution in [2.24, 2.45) is 0 Å². The number of fused-ring (bicyclic) bond motifs is 1. The molecule has 2 atom stereocenters. The van der Waals surface area contributed by atoms with Crippen molar-refractivity contribution in [3.63, 3.8) is 0 Å². The monoisotopic (exact) mass is 155 g/mol. The molecule has 11 heavy (non-hydrogen) atoms. The fraction of sp³-hybridized carbons (Fsp3) is 0.500. The highest BCUT2D eigenvalue weighted by Crippen LogP contribution is 2.28. The Bertz CT molecular complexity index is 260. The van der Waals surface area contributed by atoms with Gasteiger partial charge in [0.1, 0.15) is 6.23 Å². The first kappa shape index (κ1) is 6.78. The molecule has 5 nitrogen and oxygen atoms in total. The average molecular weight is 155 g/mol. The van der Waals surface area contributed by atoms with E-state index >= 15 is 0 Å². The first-order valence-electron chi connectivity index (χ1n) is 3.41. The summed E-state index contributed by atoms with van der Waals surface area (Å²) in [6, 6.07) is -0.206. The van der Waals surface area contributed by atoms with Gasteiger partial charge in [-0.05, 0) is 0 Å². The van der Waals surface area contributed by atoms with E-state index in [1.54, 1.807) is 6.20 Å². The molecule has 0 aliphatic carbocycles. The Morgan fingerprint density at radius 3 is 3.18 bits per heavy atom. The molecular weight excluding hydrogens is 146 g/mol. The van der Waals surface area contributed by atoms with Gasteiger partial charge in [0.05, 0.1) is 24.5 Å². The lowest BCUT2D eigenvalue weighted by molar-refractivity contribution is 0.124. The maximum atomic E-state index is 9.29. The SMILES string of the molecule is OCC1N[C@H](O)c2cn[nH]c21. The molecular formula is C6H9N3O2. The van der Waals surface area contributed by atoms with Crippen LogP contribution < -0.4 is 5.32 Å². The van der Waals surface area contributed by atoms with Crippen LogP contribution in [0.15, 0.2) is 6.20 Å². The van der Waals surface area contributed by atoms with Crippen LogP contribution in [-0.2, 0) is 0 Å². The van der Waals surface area contributed by atoms with Gasteiger partial charge in [0.25, 0.3) is 0 Å². The van der Waals surface area contributed by atoms with Crippen LogP contribution in [0.2, 0.25) is 0 Å². The van der Waals surface area contributed by atoms with Crippen molar-refractivity contribution in [3.8, 4) is 0 Å². The third kappa shape index (κ3) is 0.857. The highest BCUT2D eigenvalue weighted by atomic mass is 16.3. The fourth-order valence-electron chi connectivity index (χ4n) is 1.31. The van der Waals surface area contributed by atoms with E-state index in [1.807, 2.05) is 0 Å². The van der Waals surface area contributed by atoms with Gasteiger partial charge in [-0.1, -0.05) is 0 Å². The van der Waals surface area contributed by atoms with Gasteiger partial charge in [0.15, 0.2) is 0 Å². The number of nitrogens with one attached hydrogen (secondary N) is 2. The summed E-state index contributed by atoms with van der Waals surface area (Å²) in [6.45, 7) is -0.0355. The first-order valence-corrected chi connectivity index (χ1v) is 3.41. The maximum Gasteiger partial charge on any atom is 0.135 e. The van der Waals surface area contributed by atoms with Crippen molar-refractivity contribution in [2.75, 3.05) is 6.61 Å². The predicted molar refractivity (Wildman–Crippen MR) is 36.5 cm³/mol. The molecule has 0 amide bonds. The molecule has 2 rings (SSSR count). The second-order valence-corrected chi connectivity index (χ2v) is 2.54. The zero-order chi connectivity index (χ0) is 7.84. The molecule has 2 heterocycles. The first-order chi connectivity index (χ1) is 5.33. The summed E-state index contributed by atoms with van der Waals surface area (Å²) < 4.78 is 0. The van der Waals surface area contributed by atoms with Crippen LogP contribution >= 0.6 is 0 Å². The molecule has 0 fully saturated rings. The second-order valence-electron chi connectivity index (χ2n) is 2.54. The van der Waals surface area contributed by atoms with E-state index in [2.05, 4.69) is 15.5 Å². The lowest BCUT2D eigenvalue weighted by Gasteiger charge is -2.06. The van der Waals surface area contributed by atoms with Crippen LogP contribution in [0.5, 0.6) is 0 Å². The van der Waals surface area contributed by atoms with E-state index in [9.17, 15) is 5.11 Å². The lowest BCUT2D eigenvalue weighted by Crippen LogP contribution is -2.20. The average Bonchev–Trinajstić information content (AvgIpc) is 2.54. The number of aliphatic hydroxyl groups is 2. The zero-order valence-electron chi connectivity index (χ0n) is 5.78. The van der Waals surface area contributed by atoms with Crippen molar-refractivity contribution < 1.29 is 10.2 Å². The van der Waals surface area contributed by atoms with Crippen LogP contribution in [0, 0.1) is 0 Å². The molecule has 0 radical (unpaired) electrons. The molecule has 1 aromatic rings. The van der Waals surface area contributed by atoms with Crippen molar-refractivity contribution in [2.45, 2.75) is 12.3 Å². The number of aromatic amines is 1. The third-order valence-electron chi connectivity index (χ3n) is 1.88. The fourth-order valence-corrected chi connectivity index (χ4v) is 1.31. The Morgan fingerprint density at radius 2 is 2.45 bits per heavy atom. The molecule has 1 unspecified atom stereocenters. The van der Waals surface area contributed by atoms with Crippen LogP contribution in [0.4, 0.5) is 0 Å². The number of rotatable bonds is 1. The summed E-state index contributed by atoms with van der Waals surface area (Å²) in [5.74, 6) is 0. The summed E-state index contributed by atoms with van der Waals surface area (Å²) in [5, 5.41) is 27.4. The number of hydrogen-bond acceptors (Lipinski definition) is 4. The lowest BCUT2D eigenvalue weighted by atomic mass is 10.2. The highest BCUT2D eigenvalue weighted by molar-refractivity contribution is 5.27. The van der Waals surface area contributed by atoms with Gasteiger partial charge in [-0.15, -0.1) is 0 Å². The van der Waals surface area contributed by atoms with Crippen LogP contribution in [0.1, 0.15) is 23.5 Å². The summed E-state index contributed by atoms with van der Waals surface area (Å²) in [6.07, 6.45) is 0.865. The Kier molecular flexibility index (Phi) is 1.42. The number of hydrogen-bond donors (Lipinski definition) is 4. The predicted octanol–water partition coefficient (Wildman–Crippen LogP) is -0.963. The molecule has 5 heteroatoms. The topological polar surface area (TPSA) is 81.2 Å². The molecule has 0 spiro atoms. The number of aromatic nitrogens is 2. The highest BCUT2D eigenvalue weighted by Gasteiger charge is 2.29. The molecule has 1 aliphatic rings. The van der Waals surface area contributed by atoms with E-state index in [0.29, 0.717) is 0 Å². The minimum absolute atomic E-state index is 0.0355. The molecule has 1 aromatic heterocycles. The van der Waals surface area contributed by atoms with Crippen LogP contribution in [0.25, 0.3) is 0 Å². The maximum absolute atomic E-state index is 9.29. The molecule has 0 bridgehead atoms. The smallest absolute Gasteiger partial charge is 0.135 e. The molecule has 0 saturated carbocycles. The quantitative estimate of drug-likeness (QED) is 0.421. The van der Waals surface area contributed by atoms with Gasteiger partial charge in [0.2, 0.25) is 0 Å². The van der Waals surface area contributed by atoms with Gasteiger partial charge in [0, 0.05) is 5.56 Å². The van der Waals surface area contributed by atoms with Gasteiger partial charge < -0.3 is 10.2 Å². The summed E-state index contributed by atoms with van der Waals surface area (Å²) in [7, 11) is 0. The van der Waals surface area contributed by atoms with Gasteiger partial charge in [-0.3, -0.25) is 10.4 Å². The van der Waals surface area contributed by atoms with E-state index in [-0.39, 0.29) is 12.6 Å². The number of H-pyrrole nitrogens is 1. The molecule has 1 aliphatic heterocycles. The molecule has 0 saturated heterocycles. The van der Waals surface area contributed by atoms with Gasteiger partial charge >= 0.3 is 0 Å². The van der Waals surface area contributed by atoms with E-state index in [0.717, 1.165) is 11.3 Å². The van der Waals surface area contributed by atoms with E-state index < -0.39 is 6.23 Å². The van der Waals surface area contributed by atoms with E-state index in [4.69, 9.17) is 5.11 Å². The van der Waals surface area contributed by atoms with Crippen molar-refractivity contribution in [3.05, 3.63) is 17.5 Å². The molecule has 0 aromatic carbocycles. The van der Waals surface area contributed by atoms with Crippen molar-refractivity contribution in [1.82, 2.24) is 15.5 Å². The number of aliphatic hydroxyl groups excluding tert-OH is 2. The van der Waals surface area contributed by atoms with Crippen molar-refractivity contribution >= 4 is 0 Å². The number of nitrogens with zero attached hydrogens (tertiary/aromatic N) is 1. The molecule has 4 N–H and O–H groups in total. The Morgan fingerprint density at radius 1 is 1.64 bits per heavy atom. The van der Waals surface area contributed by atoms with Crippen LogP contribution in [0.3, 0.4) is 0 Å². The summed E-state index contributed by atoms with van der Waals surface area (Å²) >= 11 is 0. The minimum atomic E-state index is -0.694. The zero-order valence-corrected chi connectivity index (χ0v) is 5.78. The normalized spacial score (nSPS) is 28.9. The standard InChI is InChI=1S/C6H9N3O2/c10-2-4-5-3(1-7-9-5)6(11)8-4/h1,4,6,8,10-11H,2H2,(H,7,9)/t4?,6-/m1/s1. The Balaban J connectivity index is 2.37. The minimum Gasteiger partial charge on any atom is -0.394 e. The van der Waals surface area contributed by atoms with E-state index in [1.165, 1.54) is 0 Å². The second kappa shape index (κ2) is 2.30. The summed E-state index contributed by atoms with van der Waals surface area (Å²) in [5.41, 5.74) is 1.50. The molecule has 60 valence electrons. The summed E-state index contributed by atoms with van der Waals surface area (Å²) in [4.78, 5) is 0. The van der Waals surface area contributed by atoms with Crippen LogP contribution in [-0.4, -0.2) is 27.0 Å². The van der Waals surface area contributed by atoms with Gasteiger partial charge in [-0.25, -0.2) is 0 Å².